The molecule has 0 atom stereocenters. The normalized spacial score (nSPS) is 11.8. The monoisotopic (exact) mass is 338 g/mol. The second-order valence-electron chi connectivity index (χ2n) is 5.88. The molecule has 0 aliphatic rings. The zero-order chi connectivity index (χ0) is 18.0. The predicted molar refractivity (Wildman–Crippen MR) is 96.5 cm³/mol. The van der Waals surface area contributed by atoms with Gasteiger partial charge in [-0.1, -0.05) is 17.3 Å². The summed E-state index contributed by atoms with van der Waals surface area (Å²) in [6.45, 7) is 9.91. The molecule has 0 N–H and O–H groups in total. The molecule has 3 aromatic rings. The van der Waals surface area contributed by atoms with E-state index in [0.717, 1.165) is 33.8 Å². The smallest absolute Gasteiger partial charge is 0.141 e. The summed E-state index contributed by atoms with van der Waals surface area (Å²) in [7, 11) is 0. The van der Waals surface area contributed by atoms with Crippen LogP contribution >= 0.6 is 0 Å². The van der Waals surface area contributed by atoms with E-state index in [0.29, 0.717) is 12.2 Å². The fourth-order valence-corrected chi connectivity index (χ4v) is 2.87. The molecular weight excluding hydrogens is 319 g/mol. The number of rotatable bonds is 5. The van der Waals surface area contributed by atoms with E-state index < -0.39 is 0 Å². The standard InChI is InChI=1S/C19H19FN4O/c1-12(19-13(2)23-25-14(19)3)9-18-17(21-4)10-22-24(18)11-15-5-7-16(20)8-6-15/h5-10H,4,11H2,1-3H3/b12-9+. The molecule has 6 heteroatoms. The summed E-state index contributed by atoms with van der Waals surface area (Å²) < 4.78 is 20.2. The van der Waals surface area contributed by atoms with Crippen molar-refractivity contribution in [2.75, 3.05) is 0 Å². The van der Waals surface area contributed by atoms with Gasteiger partial charge in [-0.25, -0.2) is 4.39 Å². The van der Waals surface area contributed by atoms with Crippen LogP contribution in [0.3, 0.4) is 0 Å². The van der Waals surface area contributed by atoms with Crippen molar-refractivity contribution in [3.63, 3.8) is 0 Å². The zero-order valence-corrected chi connectivity index (χ0v) is 14.5. The van der Waals surface area contributed by atoms with E-state index in [9.17, 15) is 4.39 Å². The van der Waals surface area contributed by atoms with Gasteiger partial charge < -0.3 is 4.52 Å². The highest BCUT2D eigenvalue weighted by atomic mass is 19.1. The number of aliphatic imine (C=N–C) groups is 1. The Bertz CT molecular complexity index is 915. The third kappa shape index (κ3) is 3.42. The van der Waals surface area contributed by atoms with Gasteiger partial charge in [0, 0.05) is 5.56 Å². The number of allylic oxidation sites excluding steroid dienone is 1. The summed E-state index contributed by atoms with van der Waals surface area (Å²) in [4.78, 5) is 4.05. The van der Waals surface area contributed by atoms with Crippen LogP contribution in [-0.2, 0) is 6.54 Å². The Morgan fingerprint density at radius 3 is 2.64 bits per heavy atom. The Labute approximate surface area is 145 Å². The maximum absolute atomic E-state index is 13.1. The van der Waals surface area contributed by atoms with Crippen molar-refractivity contribution in [1.82, 2.24) is 14.9 Å². The van der Waals surface area contributed by atoms with Gasteiger partial charge in [-0.15, -0.1) is 0 Å². The lowest BCUT2D eigenvalue weighted by molar-refractivity contribution is 0.393. The van der Waals surface area contributed by atoms with Crippen LogP contribution in [0.1, 0.15) is 35.2 Å². The first-order valence-electron chi connectivity index (χ1n) is 7.88. The molecule has 0 aliphatic carbocycles. The topological polar surface area (TPSA) is 56.2 Å². The van der Waals surface area contributed by atoms with E-state index in [1.807, 2.05) is 31.5 Å². The van der Waals surface area contributed by atoms with Crippen molar-refractivity contribution in [2.45, 2.75) is 27.3 Å². The molecule has 0 unspecified atom stereocenters. The molecule has 25 heavy (non-hydrogen) atoms. The molecule has 0 saturated heterocycles. The SMILES string of the molecule is C=Nc1cnn(Cc2ccc(F)cc2)c1/C=C(\C)c1c(C)noc1C. The zero-order valence-electron chi connectivity index (χ0n) is 14.5. The first-order chi connectivity index (χ1) is 12.0. The summed E-state index contributed by atoms with van der Waals surface area (Å²) in [6, 6.07) is 6.37. The van der Waals surface area contributed by atoms with Crippen molar-refractivity contribution in [2.24, 2.45) is 4.99 Å². The Morgan fingerprint density at radius 1 is 1.32 bits per heavy atom. The first kappa shape index (κ1) is 16.8. The van der Waals surface area contributed by atoms with Crippen molar-refractivity contribution in [1.29, 1.82) is 0 Å². The van der Waals surface area contributed by atoms with E-state index in [-0.39, 0.29) is 5.82 Å². The maximum atomic E-state index is 13.1. The van der Waals surface area contributed by atoms with E-state index in [1.54, 1.807) is 18.3 Å². The largest absolute Gasteiger partial charge is 0.361 e. The highest BCUT2D eigenvalue weighted by Gasteiger charge is 2.14. The highest BCUT2D eigenvalue weighted by Crippen LogP contribution is 2.28. The van der Waals surface area contributed by atoms with Gasteiger partial charge in [-0.05, 0) is 56.8 Å². The van der Waals surface area contributed by atoms with Crippen molar-refractivity contribution < 1.29 is 8.91 Å². The lowest BCUT2D eigenvalue weighted by atomic mass is 10.0. The van der Waals surface area contributed by atoms with Crippen LogP contribution in [0.15, 0.2) is 40.0 Å². The lowest BCUT2D eigenvalue weighted by Gasteiger charge is -2.07. The summed E-state index contributed by atoms with van der Waals surface area (Å²) in [6.07, 6.45) is 3.66. The lowest BCUT2D eigenvalue weighted by Crippen LogP contribution is -2.04. The molecule has 2 aromatic heterocycles. The number of hydrogen-bond donors (Lipinski definition) is 0. The average molecular weight is 338 g/mol. The van der Waals surface area contributed by atoms with Crippen molar-refractivity contribution in [3.8, 4) is 0 Å². The molecule has 5 nitrogen and oxygen atoms in total. The summed E-state index contributed by atoms with van der Waals surface area (Å²) in [5.74, 6) is 0.510. The fraction of sp³-hybridized carbons (Fsp3) is 0.211. The molecule has 1 aromatic carbocycles. The molecular formula is C19H19FN4O. The van der Waals surface area contributed by atoms with E-state index in [1.165, 1.54) is 12.1 Å². The molecule has 3 rings (SSSR count). The summed E-state index contributed by atoms with van der Waals surface area (Å²) in [5, 5.41) is 8.39. The molecule has 128 valence electrons. The Hall–Kier alpha value is -3.02. The minimum Gasteiger partial charge on any atom is -0.361 e. The van der Waals surface area contributed by atoms with Gasteiger partial charge in [-0.3, -0.25) is 9.67 Å². The molecule has 2 heterocycles. The second-order valence-corrected chi connectivity index (χ2v) is 5.88. The third-order valence-electron chi connectivity index (χ3n) is 4.06. The van der Waals surface area contributed by atoms with Crippen LogP contribution in [-0.4, -0.2) is 21.7 Å². The molecule has 0 spiro atoms. The van der Waals surface area contributed by atoms with Gasteiger partial charge in [0.1, 0.15) is 17.3 Å². The van der Waals surface area contributed by atoms with Gasteiger partial charge in [0.25, 0.3) is 0 Å². The van der Waals surface area contributed by atoms with E-state index in [2.05, 4.69) is 22.0 Å². The Morgan fingerprint density at radius 2 is 2.04 bits per heavy atom. The third-order valence-corrected chi connectivity index (χ3v) is 4.06. The summed E-state index contributed by atoms with van der Waals surface area (Å²) >= 11 is 0. The van der Waals surface area contributed by atoms with Crippen LogP contribution in [0.25, 0.3) is 11.6 Å². The number of hydrogen-bond acceptors (Lipinski definition) is 4. The average Bonchev–Trinajstić information content (AvgIpc) is 3.12. The number of nitrogens with zero attached hydrogens (tertiary/aromatic N) is 4. The van der Waals surface area contributed by atoms with Crippen LogP contribution < -0.4 is 0 Å². The van der Waals surface area contributed by atoms with E-state index in [4.69, 9.17) is 4.52 Å². The Kier molecular flexibility index (Phi) is 4.61. The predicted octanol–water partition coefficient (Wildman–Crippen LogP) is 4.57. The Balaban J connectivity index is 2.00. The molecule has 0 saturated carbocycles. The minimum atomic E-state index is -0.257. The molecule has 0 bridgehead atoms. The van der Waals surface area contributed by atoms with Crippen LogP contribution in [0, 0.1) is 19.7 Å². The number of benzene rings is 1. The fourth-order valence-electron chi connectivity index (χ4n) is 2.87. The van der Waals surface area contributed by atoms with Gasteiger partial charge in [0.05, 0.1) is 24.1 Å². The van der Waals surface area contributed by atoms with Gasteiger partial charge in [0.2, 0.25) is 0 Å². The van der Waals surface area contributed by atoms with Crippen LogP contribution in [0.5, 0.6) is 0 Å². The summed E-state index contributed by atoms with van der Waals surface area (Å²) in [5.41, 5.74) is 5.28. The van der Waals surface area contributed by atoms with Crippen LogP contribution in [0.2, 0.25) is 0 Å². The second kappa shape index (κ2) is 6.84. The van der Waals surface area contributed by atoms with Gasteiger partial charge in [0.15, 0.2) is 0 Å². The number of halogens is 1. The van der Waals surface area contributed by atoms with Crippen LogP contribution in [0.4, 0.5) is 10.1 Å². The highest BCUT2D eigenvalue weighted by molar-refractivity contribution is 5.83. The molecule has 0 aliphatic heterocycles. The number of aryl methyl sites for hydroxylation is 2. The minimum absolute atomic E-state index is 0.257. The van der Waals surface area contributed by atoms with Gasteiger partial charge in [-0.2, -0.15) is 5.10 Å². The van der Waals surface area contributed by atoms with Crippen molar-refractivity contribution >= 4 is 24.1 Å². The van der Waals surface area contributed by atoms with Crippen molar-refractivity contribution in [3.05, 3.63) is 64.6 Å². The van der Waals surface area contributed by atoms with Gasteiger partial charge >= 0.3 is 0 Å². The molecule has 0 radical (unpaired) electrons. The van der Waals surface area contributed by atoms with E-state index >= 15 is 0 Å². The number of aromatic nitrogens is 3. The molecule has 0 fully saturated rings. The maximum Gasteiger partial charge on any atom is 0.141 e. The quantitative estimate of drug-likeness (QED) is 0.640. The molecule has 0 amide bonds. The first-order valence-corrected chi connectivity index (χ1v) is 7.88.